The summed E-state index contributed by atoms with van der Waals surface area (Å²) in [6, 6.07) is 1.98. The van der Waals surface area contributed by atoms with Gasteiger partial charge in [-0.2, -0.15) is 0 Å². The largest absolute Gasteiger partial charge is 0.462 e. The monoisotopic (exact) mass is 291 g/mol. The number of rotatable bonds is 3. The fraction of sp³-hybridized carbons (Fsp3) is 0.333. The van der Waals surface area contributed by atoms with E-state index in [4.69, 9.17) is 39.2 Å². The maximum absolute atomic E-state index is 6.18. The molecule has 0 saturated heterocycles. The maximum atomic E-state index is 6.18. The summed E-state index contributed by atoms with van der Waals surface area (Å²) in [5.41, 5.74) is 1.55. The van der Waals surface area contributed by atoms with Gasteiger partial charge in [-0.15, -0.1) is 0 Å². The molecule has 0 aliphatic rings. The van der Waals surface area contributed by atoms with Crippen LogP contribution in [0.2, 0.25) is 15.1 Å². The Labute approximate surface area is 115 Å². The summed E-state index contributed by atoms with van der Waals surface area (Å²) < 4.78 is 5.43. The molecule has 1 N–H and O–H groups in total. The molecule has 1 aromatic carbocycles. The van der Waals surface area contributed by atoms with Gasteiger partial charge in [0, 0.05) is 23.5 Å². The van der Waals surface area contributed by atoms with E-state index < -0.39 is 0 Å². The number of benzene rings is 1. The predicted molar refractivity (Wildman–Crippen MR) is 73.2 cm³/mol. The van der Waals surface area contributed by atoms with Crippen molar-refractivity contribution < 1.29 is 4.42 Å². The van der Waals surface area contributed by atoms with Gasteiger partial charge >= 0.3 is 0 Å². The third kappa shape index (κ3) is 2.55. The van der Waals surface area contributed by atoms with Crippen LogP contribution >= 0.6 is 34.8 Å². The topological polar surface area (TPSA) is 25.2 Å². The summed E-state index contributed by atoms with van der Waals surface area (Å²) in [5.74, 6) is 0. The van der Waals surface area contributed by atoms with Crippen LogP contribution in [-0.2, 0) is 6.54 Å². The van der Waals surface area contributed by atoms with Crippen molar-refractivity contribution in [1.82, 2.24) is 5.32 Å². The highest BCUT2D eigenvalue weighted by atomic mass is 35.5. The minimum Gasteiger partial charge on any atom is -0.462 e. The summed E-state index contributed by atoms with van der Waals surface area (Å²) in [7, 11) is 0. The van der Waals surface area contributed by atoms with Crippen molar-refractivity contribution in [3.05, 3.63) is 33.0 Å². The number of fused-ring (bicyclic) bond motifs is 1. The first-order chi connectivity index (χ1) is 8.00. The van der Waals surface area contributed by atoms with Crippen LogP contribution in [0.5, 0.6) is 0 Å². The van der Waals surface area contributed by atoms with E-state index in [-0.39, 0.29) is 0 Å². The van der Waals surface area contributed by atoms with Gasteiger partial charge in [0.15, 0.2) is 5.58 Å². The Morgan fingerprint density at radius 1 is 1.24 bits per heavy atom. The third-order valence-electron chi connectivity index (χ3n) is 2.47. The molecule has 17 heavy (non-hydrogen) atoms. The van der Waals surface area contributed by atoms with Gasteiger partial charge in [0.1, 0.15) is 0 Å². The molecule has 0 aliphatic carbocycles. The number of hydrogen-bond donors (Lipinski definition) is 1. The van der Waals surface area contributed by atoms with E-state index in [1.165, 1.54) is 0 Å². The zero-order valence-corrected chi connectivity index (χ0v) is 11.7. The molecule has 2 aromatic rings. The first-order valence-corrected chi connectivity index (χ1v) is 6.41. The number of halogens is 3. The molecule has 1 heterocycles. The number of nitrogens with one attached hydrogen (secondary N) is 1. The van der Waals surface area contributed by atoms with Crippen molar-refractivity contribution in [2.45, 2.75) is 26.4 Å². The Hall–Kier alpha value is -0.410. The molecule has 0 spiro atoms. The molecule has 0 saturated carbocycles. The predicted octanol–water partition coefficient (Wildman–Crippen LogP) is 4.89. The summed E-state index contributed by atoms with van der Waals surface area (Å²) in [4.78, 5) is 0. The van der Waals surface area contributed by atoms with Crippen LogP contribution in [0.1, 0.15) is 19.4 Å². The summed E-state index contributed by atoms with van der Waals surface area (Å²) >= 11 is 18.2. The molecular weight excluding hydrogens is 280 g/mol. The molecule has 2 rings (SSSR count). The average Bonchev–Trinajstić information content (AvgIpc) is 2.67. The minimum atomic E-state index is 0.383. The van der Waals surface area contributed by atoms with Crippen molar-refractivity contribution in [1.29, 1.82) is 0 Å². The van der Waals surface area contributed by atoms with Crippen molar-refractivity contribution in [2.24, 2.45) is 0 Å². The molecule has 1 aromatic heterocycles. The van der Waals surface area contributed by atoms with E-state index in [1.54, 1.807) is 12.3 Å². The highest BCUT2D eigenvalue weighted by molar-refractivity contribution is 6.47. The molecule has 0 fully saturated rings. The first kappa shape index (κ1) is 13.0. The smallest absolute Gasteiger partial charge is 0.154 e. The SMILES string of the molecule is CC(C)NCc1coc2c(Cl)cc(Cl)c(Cl)c12. The van der Waals surface area contributed by atoms with E-state index in [0.29, 0.717) is 33.2 Å². The summed E-state index contributed by atoms with van der Waals surface area (Å²) in [5, 5.41) is 5.50. The zero-order valence-electron chi connectivity index (χ0n) is 9.48. The van der Waals surface area contributed by atoms with Gasteiger partial charge in [-0.1, -0.05) is 48.7 Å². The molecule has 0 unspecified atom stereocenters. The van der Waals surface area contributed by atoms with Crippen LogP contribution < -0.4 is 5.32 Å². The van der Waals surface area contributed by atoms with Gasteiger partial charge in [-0.05, 0) is 6.07 Å². The van der Waals surface area contributed by atoms with Crippen molar-refractivity contribution in [3.8, 4) is 0 Å². The van der Waals surface area contributed by atoms with E-state index in [1.807, 2.05) is 0 Å². The van der Waals surface area contributed by atoms with Crippen LogP contribution in [0.3, 0.4) is 0 Å². The second-order valence-electron chi connectivity index (χ2n) is 4.15. The Morgan fingerprint density at radius 2 is 1.94 bits per heavy atom. The van der Waals surface area contributed by atoms with Gasteiger partial charge in [0.2, 0.25) is 0 Å². The van der Waals surface area contributed by atoms with Gasteiger partial charge in [0.25, 0.3) is 0 Å². The van der Waals surface area contributed by atoms with Gasteiger partial charge in [0.05, 0.1) is 21.3 Å². The molecule has 0 amide bonds. The fourth-order valence-corrected chi connectivity index (χ4v) is 2.38. The number of furan rings is 1. The minimum absolute atomic E-state index is 0.383. The second-order valence-corrected chi connectivity index (χ2v) is 5.35. The van der Waals surface area contributed by atoms with Crippen LogP contribution in [0.25, 0.3) is 11.0 Å². The Bertz CT molecular complexity index is 548. The Morgan fingerprint density at radius 3 is 2.59 bits per heavy atom. The van der Waals surface area contributed by atoms with Crippen LogP contribution in [0.4, 0.5) is 0 Å². The second kappa shape index (κ2) is 5.07. The van der Waals surface area contributed by atoms with E-state index >= 15 is 0 Å². The quantitative estimate of drug-likeness (QED) is 0.815. The lowest BCUT2D eigenvalue weighted by molar-refractivity contribution is 0.572. The van der Waals surface area contributed by atoms with E-state index in [2.05, 4.69) is 19.2 Å². The van der Waals surface area contributed by atoms with Crippen LogP contribution in [0.15, 0.2) is 16.7 Å². The maximum Gasteiger partial charge on any atom is 0.154 e. The molecule has 2 nitrogen and oxygen atoms in total. The lowest BCUT2D eigenvalue weighted by Gasteiger charge is -2.07. The lowest BCUT2D eigenvalue weighted by atomic mass is 10.1. The van der Waals surface area contributed by atoms with E-state index in [9.17, 15) is 0 Å². The molecular formula is C12H12Cl3NO. The molecule has 0 atom stereocenters. The summed E-state index contributed by atoms with van der Waals surface area (Å²) in [6.07, 6.45) is 1.66. The zero-order chi connectivity index (χ0) is 12.6. The molecule has 0 bridgehead atoms. The van der Waals surface area contributed by atoms with Crippen LogP contribution in [0, 0.1) is 0 Å². The Kier molecular flexibility index (Phi) is 3.88. The van der Waals surface area contributed by atoms with E-state index in [0.717, 1.165) is 10.9 Å². The fourth-order valence-electron chi connectivity index (χ4n) is 1.61. The molecule has 0 aliphatic heterocycles. The molecule has 92 valence electrons. The highest BCUT2D eigenvalue weighted by Gasteiger charge is 2.15. The summed E-state index contributed by atoms with van der Waals surface area (Å²) in [6.45, 7) is 4.81. The number of hydrogen-bond acceptors (Lipinski definition) is 2. The standard InChI is InChI=1S/C12H12Cl3NO/c1-6(2)16-4-7-5-17-12-9(14)3-8(13)11(15)10(7)12/h3,5-6,16H,4H2,1-2H3. The molecule has 0 radical (unpaired) electrons. The van der Waals surface area contributed by atoms with Crippen molar-refractivity contribution in [2.75, 3.05) is 0 Å². The lowest BCUT2D eigenvalue weighted by Crippen LogP contribution is -2.21. The molecule has 5 heteroatoms. The normalized spacial score (nSPS) is 11.6. The first-order valence-electron chi connectivity index (χ1n) is 5.27. The van der Waals surface area contributed by atoms with Crippen molar-refractivity contribution in [3.63, 3.8) is 0 Å². The third-order valence-corrected chi connectivity index (χ3v) is 3.54. The highest BCUT2D eigenvalue weighted by Crippen LogP contribution is 2.38. The Balaban J connectivity index is 2.51. The van der Waals surface area contributed by atoms with Gasteiger partial charge < -0.3 is 9.73 Å². The van der Waals surface area contributed by atoms with Gasteiger partial charge in [-0.25, -0.2) is 0 Å². The van der Waals surface area contributed by atoms with Gasteiger partial charge in [-0.3, -0.25) is 0 Å². The van der Waals surface area contributed by atoms with Crippen molar-refractivity contribution >= 4 is 45.8 Å². The van der Waals surface area contributed by atoms with Crippen LogP contribution in [-0.4, -0.2) is 6.04 Å². The average molecular weight is 293 g/mol.